The van der Waals surface area contributed by atoms with Crippen LogP contribution in [0.3, 0.4) is 0 Å². The molecule has 0 atom stereocenters. The van der Waals surface area contributed by atoms with Crippen LogP contribution in [0.1, 0.15) is 32.0 Å². The molecule has 1 rings (SSSR count). The normalized spacial score (nSPS) is 11.1. The summed E-state index contributed by atoms with van der Waals surface area (Å²) in [6.45, 7) is 8.08. The van der Waals surface area contributed by atoms with Gasteiger partial charge in [-0.3, -0.25) is 4.98 Å². The van der Waals surface area contributed by atoms with Crippen LogP contribution in [-0.2, 0) is 11.2 Å². The Bertz CT molecular complexity index is 383. The van der Waals surface area contributed by atoms with Crippen LogP contribution in [0.5, 0.6) is 0 Å². The number of rotatable bonds is 3. The number of carbonyl (C=O) groups is 1. The van der Waals surface area contributed by atoms with Crippen LogP contribution in [-0.4, -0.2) is 23.2 Å². The summed E-state index contributed by atoms with van der Waals surface area (Å²) in [7, 11) is 0. The molecule has 1 aromatic heterocycles. The van der Waals surface area contributed by atoms with Gasteiger partial charge in [-0.15, -0.1) is 0 Å². The monoisotopic (exact) mass is 236 g/mol. The second-order valence-electron chi connectivity index (χ2n) is 5.00. The van der Waals surface area contributed by atoms with Crippen molar-refractivity contribution in [2.45, 2.75) is 39.7 Å². The highest BCUT2D eigenvalue weighted by Gasteiger charge is 2.15. The standard InChI is InChI=1S/C13H20N2O2/c1-10-5-7-14-11(9-10)6-8-15-12(16)17-13(2,3)4/h5,7,9H,6,8H2,1-4H3,(H,15,16). The predicted molar refractivity (Wildman–Crippen MR) is 66.9 cm³/mol. The number of hydrogen-bond donors (Lipinski definition) is 1. The van der Waals surface area contributed by atoms with E-state index in [0.29, 0.717) is 13.0 Å². The largest absolute Gasteiger partial charge is 0.444 e. The number of hydrogen-bond acceptors (Lipinski definition) is 3. The lowest BCUT2D eigenvalue weighted by atomic mass is 10.2. The zero-order valence-electron chi connectivity index (χ0n) is 10.9. The number of pyridine rings is 1. The molecule has 0 aromatic carbocycles. The van der Waals surface area contributed by atoms with Gasteiger partial charge in [0.2, 0.25) is 0 Å². The highest BCUT2D eigenvalue weighted by Crippen LogP contribution is 2.06. The highest BCUT2D eigenvalue weighted by atomic mass is 16.6. The molecule has 1 aromatic rings. The number of carbonyl (C=O) groups excluding carboxylic acids is 1. The number of amides is 1. The maximum Gasteiger partial charge on any atom is 0.407 e. The van der Waals surface area contributed by atoms with E-state index in [9.17, 15) is 4.79 Å². The van der Waals surface area contributed by atoms with Crippen LogP contribution in [0.4, 0.5) is 4.79 Å². The van der Waals surface area contributed by atoms with Gasteiger partial charge in [-0.2, -0.15) is 0 Å². The number of aromatic nitrogens is 1. The third kappa shape index (κ3) is 5.90. The maximum atomic E-state index is 11.4. The summed E-state index contributed by atoms with van der Waals surface area (Å²) in [5, 5.41) is 2.71. The average molecular weight is 236 g/mol. The third-order valence-electron chi connectivity index (χ3n) is 2.02. The van der Waals surface area contributed by atoms with Crippen molar-refractivity contribution in [1.82, 2.24) is 10.3 Å². The second-order valence-corrected chi connectivity index (χ2v) is 5.00. The molecule has 0 unspecified atom stereocenters. The molecule has 0 spiro atoms. The van der Waals surface area contributed by atoms with Crippen molar-refractivity contribution in [1.29, 1.82) is 0 Å². The predicted octanol–water partition coefficient (Wildman–Crippen LogP) is 2.46. The SMILES string of the molecule is Cc1ccnc(CCNC(=O)OC(C)(C)C)c1. The van der Waals surface area contributed by atoms with Crippen LogP contribution in [0.25, 0.3) is 0 Å². The summed E-state index contributed by atoms with van der Waals surface area (Å²) in [6, 6.07) is 3.96. The summed E-state index contributed by atoms with van der Waals surface area (Å²) in [5.74, 6) is 0. The minimum atomic E-state index is -0.453. The zero-order chi connectivity index (χ0) is 12.9. The first kappa shape index (κ1) is 13.5. The van der Waals surface area contributed by atoms with Crippen molar-refractivity contribution in [2.75, 3.05) is 6.54 Å². The smallest absolute Gasteiger partial charge is 0.407 e. The summed E-state index contributed by atoms with van der Waals surface area (Å²) >= 11 is 0. The Labute approximate surface area is 102 Å². The molecule has 94 valence electrons. The van der Waals surface area contributed by atoms with Crippen molar-refractivity contribution in [2.24, 2.45) is 0 Å². The minimum absolute atomic E-state index is 0.384. The molecule has 0 aliphatic carbocycles. The number of aryl methyl sites for hydroxylation is 1. The zero-order valence-corrected chi connectivity index (χ0v) is 10.9. The van der Waals surface area contributed by atoms with Crippen molar-refractivity contribution in [3.8, 4) is 0 Å². The Hall–Kier alpha value is -1.58. The van der Waals surface area contributed by atoms with Crippen molar-refractivity contribution in [3.63, 3.8) is 0 Å². The second kappa shape index (κ2) is 5.66. The Balaban J connectivity index is 2.31. The van der Waals surface area contributed by atoms with E-state index in [-0.39, 0.29) is 6.09 Å². The van der Waals surface area contributed by atoms with Crippen LogP contribution in [0.2, 0.25) is 0 Å². The molecule has 0 fully saturated rings. The first-order valence-corrected chi connectivity index (χ1v) is 5.75. The van der Waals surface area contributed by atoms with E-state index in [1.54, 1.807) is 6.20 Å². The topological polar surface area (TPSA) is 51.2 Å². The van der Waals surface area contributed by atoms with Gasteiger partial charge in [0.25, 0.3) is 0 Å². The van der Waals surface area contributed by atoms with E-state index in [2.05, 4.69) is 10.3 Å². The van der Waals surface area contributed by atoms with Gasteiger partial charge in [0.05, 0.1) is 0 Å². The first-order chi connectivity index (χ1) is 7.87. The fourth-order valence-electron chi connectivity index (χ4n) is 1.34. The Kier molecular flexibility index (Phi) is 4.49. The van der Waals surface area contributed by atoms with Gasteiger partial charge in [-0.1, -0.05) is 0 Å². The molecule has 0 saturated heterocycles. The molecule has 0 aliphatic rings. The Morgan fingerprint density at radius 1 is 1.47 bits per heavy atom. The molecule has 17 heavy (non-hydrogen) atoms. The molecular formula is C13H20N2O2. The summed E-state index contributed by atoms with van der Waals surface area (Å²) in [4.78, 5) is 15.6. The summed E-state index contributed by atoms with van der Waals surface area (Å²) < 4.78 is 5.13. The lowest BCUT2D eigenvalue weighted by molar-refractivity contribution is 0.0528. The Morgan fingerprint density at radius 3 is 2.76 bits per heavy atom. The molecular weight excluding hydrogens is 216 g/mol. The summed E-state index contributed by atoms with van der Waals surface area (Å²) in [6.07, 6.45) is 2.10. The molecule has 0 saturated carbocycles. The summed E-state index contributed by atoms with van der Waals surface area (Å²) in [5.41, 5.74) is 1.69. The van der Waals surface area contributed by atoms with Crippen LogP contribution in [0, 0.1) is 6.92 Å². The van der Waals surface area contributed by atoms with Gasteiger partial charge < -0.3 is 10.1 Å². The first-order valence-electron chi connectivity index (χ1n) is 5.75. The van der Waals surface area contributed by atoms with E-state index in [4.69, 9.17) is 4.74 Å². The lowest BCUT2D eigenvalue weighted by Crippen LogP contribution is -2.33. The fraction of sp³-hybridized carbons (Fsp3) is 0.538. The maximum absolute atomic E-state index is 11.4. The average Bonchev–Trinajstić information content (AvgIpc) is 2.14. The van der Waals surface area contributed by atoms with E-state index in [0.717, 1.165) is 5.69 Å². The van der Waals surface area contributed by atoms with Gasteiger partial charge in [0, 0.05) is 24.9 Å². The molecule has 0 bridgehead atoms. The van der Waals surface area contributed by atoms with E-state index >= 15 is 0 Å². The molecule has 1 heterocycles. The van der Waals surface area contributed by atoms with Gasteiger partial charge >= 0.3 is 6.09 Å². The van der Waals surface area contributed by atoms with E-state index < -0.39 is 5.60 Å². The Morgan fingerprint density at radius 2 is 2.18 bits per heavy atom. The van der Waals surface area contributed by atoms with Crippen molar-refractivity contribution < 1.29 is 9.53 Å². The number of nitrogens with one attached hydrogen (secondary N) is 1. The molecule has 1 amide bonds. The highest BCUT2D eigenvalue weighted by molar-refractivity contribution is 5.67. The van der Waals surface area contributed by atoms with Crippen molar-refractivity contribution >= 4 is 6.09 Å². The molecule has 0 aliphatic heterocycles. The van der Waals surface area contributed by atoms with Gasteiger partial charge in [0.15, 0.2) is 0 Å². The molecule has 4 heteroatoms. The molecule has 1 N–H and O–H groups in total. The minimum Gasteiger partial charge on any atom is -0.444 e. The van der Waals surface area contributed by atoms with Crippen molar-refractivity contribution in [3.05, 3.63) is 29.6 Å². The van der Waals surface area contributed by atoms with Crippen LogP contribution in [0.15, 0.2) is 18.3 Å². The van der Waals surface area contributed by atoms with Crippen LogP contribution >= 0.6 is 0 Å². The number of nitrogens with zero attached hydrogens (tertiary/aromatic N) is 1. The molecule has 4 nitrogen and oxygen atoms in total. The lowest BCUT2D eigenvalue weighted by Gasteiger charge is -2.19. The number of ether oxygens (including phenoxy) is 1. The van der Waals surface area contributed by atoms with E-state index in [1.807, 2.05) is 39.8 Å². The van der Waals surface area contributed by atoms with Gasteiger partial charge in [-0.25, -0.2) is 4.79 Å². The van der Waals surface area contributed by atoms with Gasteiger partial charge in [0.1, 0.15) is 5.60 Å². The number of alkyl carbamates (subject to hydrolysis) is 1. The fourth-order valence-corrected chi connectivity index (χ4v) is 1.34. The van der Waals surface area contributed by atoms with E-state index in [1.165, 1.54) is 5.56 Å². The quantitative estimate of drug-likeness (QED) is 0.877. The van der Waals surface area contributed by atoms with Crippen LogP contribution < -0.4 is 5.32 Å². The molecule has 0 radical (unpaired) electrons. The van der Waals surface area contributed by atoms with Gasteiger partial charge in [-0.05, 0) is 45.4 Å². The third-order valence-corrected chi connectivity index (χ3v) is 2.02.